The Balaban J connectivity index is 3.36. The van der Waals surface area contributed by atoms with Crippen LogP contribution in [0.3, 0.4) is 0 Å². The van der Waals surface area contributed by atoms with Crippen molar-refractivity contribution in [1.29, 1.82) is 0 Å². The monoisotopic (exact) mass is 240 g/mol. The van der Waals surface area contributed by atoms with Crippen molar-refractivity contribution in [3.05, 3.63) is 33.3 Å². The van der Waals surface area contributed by atoms with Gasteiger partial charge in [0.15, 0.2) is 12.1 Å². The number of benzene rings is 1. The van der Waals surface area contributed by atoms with Gasteiger partial charge in [-0.15, -0.1) is 0 Å². The number of rotatable bonds is 2. The van der Waals surface area contributed by atoms with Crippen molar-refractivity contribution < 1.29 is 9.59 Å². The summed E-state index contributed by atoms with van der Waals surface area (Å²) in [5.41, 5.74) is 2.04. The van der Waals surface area contributed by atoms with E-state index in [9.17, 15) is 9.59 Å². The van der Waals surface area contributed by atoms with Gasteiger partial charge < -0.3 is 0 Å². The van der Waals surface area contributed by atoms with Crippen LogP contribution in [0.4, 0.5) is 0 Å². The van der Waals surface area contributed by atoms with E-state index in [0.717, 1.165) is 11.8 Å². The fourth-order valence-electron chi connectivity index (χ4n) is 1.11. The minimum atomic E-state index is 0.00116. The standard InChI is InChI=1S/C10H9BrO2/c1-6-3-8(7(2)13)4-10(11)9(6)5-12/h3-5H,1-2H3. The van der Waals surface area contributed by atoms with Crippen LogP contribution in [0.25, 0.3) is 0 Å². The molecule has 0 spiro atoms. The second-order valence-corrected chi connectivity index (χ2v) is 3.72. The number of aryl methyl sites for hydroxylation is 1. The summed E-state index contributed by atoms with van der Waals surface area (Å²) in [7, 11) is 0. The third-order valence-electron chi connectivity index (χ3n) is 1.86. The van der Waals surface area contributed by atoms with Crippen molar-refractivity contribution in [2.24, 2.45) is 0 Å². The quantitative estimate of drug-likeness (QED) is 0.589. The molecule has 0 saturated heterocycles. The third-order valence-corrected chi connectivity index (χ3v) is 2.52. The molecule has 1 rings (SSSR count). The fourth-order valence-corrected chi connectivity index (χ4v) is 1.76. The molecule has 0 bridgehead atoms. The highest BCUT2D eigenvalue weighted by Crippen LogP contribution is 2.21. The summed E-state index contributed by atoms with van der Waals surface area (Å²) in [6.45, 7) is 3.31. The van der Waals surface area contributed by atoms with E-state index in [1.165, 1.54) is 6.92 Å². The molecule has 1 aromatic carbocycles. The van der Waals surface area contributed by atoms with Crippen molar-refractivity contribution in [2.45, 2.75) is 13.8 Å². The smallest absolute Gasteiger partial charge is 0.159 e. The Morgan fingerprint density at radius 2 is 2.08 bits per heavy atom. The molecule has 0 aliphatic heterocycles. The van der Waals surface area contributed by atoms with E-state index in [4.69, 9.17) is 0 Å². The number of hydrogen-bond acceptors (Lipinski definition) is 2. The predicted molar refractivity (Wildman–Crippen MR) is 54.3 cm³/mol. The Kier molecular flexibility index (Phi) is 2.98. The first-order valence-electron chi connectivity index (χ1n) is 3.82. The maximum absolute atomic E-state index is 11.0. The van der Waals surface area contributed by atoms with Crippen LogP contribution >= 0.6 is 15.9 Å². The van der Waals surface area contributed by atoms with Crippen LogP contribution in [-0.4, -0.2) is 12.1 Å². The summed E-state index contributed by atoms with van der Waals surface area (Å²) in [6.07, 6.45) is 0.781. The van der Waals surface area contributed by atoms with E-state index in [1.807, 2.05) is 0 Å². The third kappa shape index (κ3) is 2.04. The highest BCUT2D eigenvalue weighted by atomic mass is 79.9. The minimum Gasteiger partial charge on any atom is -0.298 e. The van der Waals surface area contributed by atoms with Crippen LogP contribution in [-0.2, 0) is 0 Å². The Labute approximate surface area is 85.1 Å². The summed E-state index contributed by atoms with van der Waals surface area (Å²) >= 11 is 3.24. The molecule has 1 aromatic rings. The molecule has 0 N–H and O–H groups in total. The van der Waals surface area contributed by atoms with Crippen LogP contribution < -0.4 is 0 Å². The van der Waals surface area contributed by atoms with E-state index in [2.05, 4.69) is 15.9 Å². The molecule has 2 nitrogen and oxygen atoms in total. The lowest BCUT2D eigenvalue weighted by Gasteiger charge is -2.03. The van der Waals surface area contributed by atoms with Crippen molar-refractivity contribution in [1.82, 2.24) is 0 Å². The number of hydrogen-bond donors (Lipinski definition) is 0. The number of carbonyl (C=O) groups excluding carboxylic acids is 2. The van der Waals surface area contributed by atoms with Crippen LogP contribution in [0.5, 0.6) is 0 Å². The Hall–Kier alpha value is -0.960. The summed E-state index contributed by atoms with van der Waals surface area (Å²) in [5.74, 6) is 0.00116. The van der Waals surface area contributed by atoms with E-state index < -0.39 is 0 Å². The lowest BCUT2D eigenvalue weighted by atomic mass is 10.0. The second kappa shape index (κ2) is 3.83. The lowest BCUT2D eigenvalue weighted by molar-refractivity contribution is 0.101. The SMILES string of the molecule is CC(=O)c1cc(C)c(C=O)c(Br)c1. The average Bonchev–Trinajstić information content (AvgIpc) is 2.03. The highest BCUT2D eigenvalue weighted by Gasteiger charge is 2.07. The molecule has 0 saturated carbocycles. The molecule has 0 amide bonds. The molecule has 0 unspecified atom stereocenters. The highest BCUT2D eigenvalue weighted by molar-refractivity contribution is 9.10. The zero-order chi connectivity index (χ0) is 10.0. The van der Waals surface area contributed by atoms with Gasteiger partial charge in [0.1, 0.15) is 0 Å². The molecule has 0 aromatic heterocycles. The van der Waals surface area contributed by atoms with Gasteiger partial charge in [-0.1, -0.05) is 15.9 Å². The van der Waals surface area contributed by atoms with E-state index in [1.54, 1.807) is 19.1 Å². The number of ketones is 1. The maximum atomic E-state index is 11.0. The number of aldehydes is 1. The first-order chi connectivity index (χ1) is 6.06. The van der Waals surface area contributed by atoms with Crippen LogP contribution in [0.15, 0.2) is 16.6 Å². The van der Waals surface area contributed by atoms with Crippen LogP contribution in [0.1, 0.15) is 33.2 Å². The number of halogens is 1. The van der Waals surface area contributed by atoms with Gasteiger partial charge in [0.25, 0.3) is 0 Å². The largest absolute Gasteiger partial charge is 0.298 e. The first-order valence-corrected chi connectivity index (χ1v) is 4.62. The van der Waals surface area contributed by atoms with Gasteiger partial charge in [-0.05, 0) is 31.5 Å². The molecular weight excluding hydrogens is 232 g/mol. The number of Topliss-reactive ketones (excluding diaryl/α,β-unsaturated/α-hetero) is 1. The molecule has 3 heteroatoms. The Morgan fingerprint density at radius 1 is 1.46 bits per heavy atom. The summed E-state index contributed by atoms with van der Waals surface area (Å²) in [5, 5.41) is 0. The molecule has 0 fully saturated rings. The molecule has 0 heterocycles. The van der Waals surface area contributed by atoms with Gasteiger partial charge in [-0.25, -0.2) is 0 Å². The van der Waals surface area contributed by atoms with Gasteiger partial charge in [0, 0.05) is 15.6 Å². The fraction of sp³-hybridized carbons (Fsp3) is 0.200. The average molecular weight is 241 g/mol. The van der Waals surface area contributed by atoms with E-state index in [-0.39, 0.29) is 5.78 Å². The second-order valence-electron chi connectivity index (χ2n) is 2.86. The van der Waals surface area contributed by atoms with Gasteiger partial charge in [0.2, 0.25) is 0 Å². The molecule has 0 radical (unpaired) electrons. The van der Waals surface area contributed by atoms with Crippen molar-refractivity contribution in [3.63, 3.8) is 0 Å². The normalized spacial score (nSPS) is 9.77. The van der Waals surface area contributed by atoms with E-state index in [0.29, 0.717) is 15.6 Å². The first kappa shape index (κ1) is 10.1. The maximum Gasteiger partial charge on any atom is 0.159 e. The van der Waals surface area contributed by atoms with Gasteiger partial charge in [-0.2, -0.15) is 0 Å². The zero-order valence-electron chi connectivity index (χ0n) is 7.43. The number of carbonyl (C=O) groups is 2. The molecule has 13 heavy (non-hydrogen) atoms. The topological polar surface area (TPSA) is 34.1 Å². The van der Waals surface area contributed by atoms with Crippen molar-refractivity contribution >= 4 is 28.0 Å². The molecule has 68 valence electrons. The van der Waals surface area contributed by atoms with Crippen LogP contribution in [0.2, 0.25) is 0 Å². The van der Waals surface area contributed by atoms with E-state index >= 15 is 0 Å². The molecule has 0 aliphatic carbocycles. The van der Waals surface area contributed by atoms with Gasteiger partial charge in [-0.3, -0.25) is 9.59 Å². The van der Waals surface area contributed by atoms with Crippen molar-refractivity contribution in [3.8, 4) is 0 Å². The molecule has 0 atom stereocenters. The summed E-state index contributed by atoms with van der Waals surface area (Å²) < 4.78 is 0.674. The summed E-state index contributed by atoms with van der Waals surface area (Å²) in [6, 6.07) is 3.38. The molecular formula is C10H9BrO2. The molecule has 0 aliphatic rings. The van der Waals surface area contributed by atoms with Crippen molar-refractivity contribution in [2.75, 3.05) is 0 Å². The zero-order valence-corrected chi connectivity index (χ0v) is 9.01. The predicted octanol–water partition coefficient (Wildman–Crippen LogP) is 2.77. The summed E-state index contributed by atoms with van der Waals surface area (Å²) in [4.78, 5) is 21.7. The van der Waals surface area contributed by atoms with Gasteiger partial charge in [0.05, 0.1) is 0 Å². The Bertz CT molecular complexity index is 346. The Morgan fingerprint density at radius 3 is 2.46 bits per heavy atom. The minimum absolute atomic E-state index is 0.00116. The lowest BCUT2D eigenvalue weighted by Crippen LogP contribution is -1.96. The van der Waals surface area contributed by atoms with Crippen LogP contribution in [0, 0.1) is 6.92 Å². The van der Waals surface area contributed by atoms with Gasteiger partial charge >= 0.3 is 0 Å².